The third-order valence-corrected chi connectivity index (χ3v) is 5.25. The van der Waals surface area contributed by atoms with Gasteiger partial charge in [-0.3, -0.25) is 4.79 Å². The Morgan fingerprint density at radius 3 is 3.04 bits per heavy atom. The Balaban J connectivity index is 1.91. The molecule has 3 heterocycles. The highest BCUT2D eigenvalue weighted by molar-refractivity contribution is 6.04. The maximum absolute atomic E-state index is 12.5. The van der Waals surface area contributed by atoms with Gasteiger partial charge in [-0.1, -0.05) is 6.92 Å². The molecule has 1 saturated heterocycles. The number of aromatic nitrogens is 2. The Labute approximate surface area is 163 Å². The SMILES string of the molecule is CCOC(=O)c1cnc2[nH]ccc2c1N[C@H]1CN(C(=O)C(C)C#N)CC[C@H]1C. The molecule has 0 radical (unpaired) electrons. The fourth-order valence-corrected chi connectivity index (χ4v) is 3.50. The number of nitrogens with zero attached hydrogens (tertiary/aromatic N) is 3. The molecule has 1 aliphatic rings. The molecule has 0 saturated carbocycles. The highest BCUT2D eigenvalue weighted by atomic mass is 16.5. The second-order valence-electron chi connectivity index (χ2n) is 7.16. The molecule has 1 unspecified atom stereocenters. The molecule has 1 aliphatic heterocycles. The maximum Gasteiger partial charge on any atom is 0.341 e. The number of likely N-dealkylation sites (tertiary alicyclic amines) is 1. The van der Waals surface area contributed by atoms with Crippen LogP contribution in [-0.4, -0.2) is 52.5 Å². The molecule has 3 atom stereocenters. The minimum absolute atomic E-state index is 0.0581. The molecular formula is C20H25N5O3. The molecule has 2 N–H and O–H groups in total. The van der Waals surface area contributed by atoms with Gasteiger partial charge in [0.25, 0.3) is 0 Å². The van der Waals surface area contributed by atoms with Gasteiger partial charge in [-0.15, -0.1) is 0 Å². The molecule has 1 fully saturated rings. The fraction of sp³-hybridized carbons (Fsp3) is 0.500. The van der Waals surface area contributed by atoms with Crippen molar-refractivity contribution in [1.29, 1.82) is 5.26 Å². The number of fused-ring (bicyclic) bond motifs is 1. The zero-order valence-corrected chi connectivity index (χ0v) is 16.4. The van der Waals surface area contributed by atoms with Gasteiger partial charge >= 0.3 is 5.97 Å². The Morgan fingerprint density at radius 2 is 2.32 bits per heavy atom. The number of rotatable bonds is 5. The van der Waals surface area contributed by atoms with Crippen LogP contribution in [0.4, 0.5) is 5.69 Å². The second kappa shape index (κ2) is 8.30. The van der Waals surface area contributed by atoms with Crippen LogP contribution in [0.1, 0.15) is 37.6 Å². The topological polar surface area (TPSA) is 111 Å². The third kappa shape index (κ3) is 3.79. The van der Waals surface area contributed by atoms with Crippen molar-refractivity contribution in [1.82, 2.24) is 14.9 Å². The molecule has 0 aromatic carbocycles. The smallest absolute Gasteiger partial charge is 0.341 e. The number of anilines is 1. The summed E-state index contributed by atoms with van der Waals surface area (Å²) in [4.78, 5) is 34.0. The van der Waals surface area contributed by atoms with Crippen molar-refractivity contribution >= 4 is 28.6 Å². The van der Waals surface area contributed by atoms with Crippen molar-refractivity contribution in [3.05, 3.63) is 24.0 Å². The lowest BCUT2D eigenvalue weighted by Gasteiger charge is -2.38. The zero-order valence-electron chi connectivity index (χ0n) is 16.4. The molecule has 2 aromatic rings. The molecule has 148 valence electrons. The van der Waals surface area contributed by atoms with E-state index >= 15 is 0 Å². The van der Waals surface area contributed by atoms with Gasteiger partial charge in [0.2, 0.25) is 5.91 Å². The summed E-state index contributed by atoms with van der Waals surface area (Å²) in [6, 6.07) is 3.82. The van der Waals surface area contributed by atoms with Crippen LogP contribution in [0.25, 0.3) is 11.0 Å². The zero-order chi connectivity index (χ0) is 20.3. The predicted molar refractivity (Wildman–Crippen MR) is 105 cm³/mol. The van der Waals surface area contributed by atoms with Crippen LogP contribution >= 0.6 is 0 Å². The molecule has 0 spiro atoms. The van der Waals surface area contributed by atoms with E-state index in [1.807, 2.05) is 12.1 Å². The highest BCUT2D eigenvalue weighted by Gasteiger charge is 2.32. The standard InChI is InChI=1S/C20H25N5O3/c1-4-28-20(27)15-10-23-18-14(5-7-22-18)17(15)24-16-11-25(8-6-12(16)2)19(26)13(3)9-21/h5,7,10,12-13,16H,4,6,8,11H2,1-3H3,(H2,22,23,24)/t12-,13?,16+/m1/s1. The normalized spacial score (nSPS) is 20.4. The van der Waals surface area contributed by atoms with Gasteiger partial charge in [0.15, 0.2) is 0 Å². The van der Waals surface area contributed by atoms with Gasteiger partial charge in [0, 0.05) is 36.9 Å². The summed E-state index contributed by atoms with van der Waals surface area (Å²) in [6.07, 6.45) is 4.09. The quantitative estimate of drug-likeness (QED) is 0.768. The number of H-pyrrole nitrogens is 1. The Morgan fingerprint density at radius 1 is 1.54 bits per heavy atom. The first-order valence-corrected chi connectivity index (χ1v) is 9.54. The van der Waals surface area contributed by atoms with E-state index in [2.05, 4.69) is 22.2 Å². The number of ether oxygens (including phenoxy) is 1. The van der Waals surface area contributed by atoms with Crippen LogP contribution in [-0.2, 0) is 9.53 Å². The number of piperidine rings is 1. The third-order valence-electron chi connectivity index (χ3n) is 5.25. The first-order chi connectivity index (χ1) is 13.5. The molecule has 3 rings (SSSR count). The van der Waals surface area contributed by atoms with E-state index in [4.69, 9.17) is 10.00 Å². The highest BCUT2D eigenvalue weighted by Crippen LogP contribution is 2.30. The lowest BCUT2D eigenvalue weighted by molar-refractivity contribution is -0.134. The second-order valence-corrected chi connectivity index (χ2v) is 7.16. The Kier molecular flexibility index (Phi) is 5.83. The monoisotopic (exact) mass is 383 g/mol. The van der Waals surface area contributed by atoms with Gasteiger partial charge in [0.05, 0.1) is 18.4 Å². The van der Waals surface area contributed by atoms with Gasteiger partial charge in [-0.25, -0.2) is 9.78 Å². The molecule has 0 aliphatic carbocycles. The first-order valence-electron chi connectivity index (χ1n) is 9.54. The van der Waals surface area contributed by atoms with Crippen molar-refractivity contribution < 1.29 is 14.3 Å². The summed E-state index contributed by atoms with van der Waals surface area (Å²) in [6.45, 7) is 6.88. The maximum atomic E-state index is 12.5. The van der Waals surface area contributed by atoms with E-state index in [1.165, 1.54) is 6.20 Å². The summed E-state index contributed by atoms with van der Waals surface area (Å²) in [5.74, 6) is -0.969. The largest absolute Gasteiger partial charge is 0.462 e. The number of amides is 1. The number of nitrogens with one attached hydrogen (secondary N) is 2. The van der Waals surface area contributed by atoms with Gasteiger partial charge in [0.1, 0.15) is 17.1 Å². The number of aromatic amines is 1. The predicted octanol–water partition coefficient (Wildman–Crippen LogP) is 2.55. The molecule has 0 bridgehead atoms. The van der Waals surface area contributed by atoms with Crippen molar-refractivity contribution in [2.75, 3.05) is 25.0 Å². The molecule has 8 heteroatoms. The molecular weight excluding hydrogens is 358 g/mol. The number of hydrogen-bond donors (Lipinski definition) is 2. The van der Waals surface area contributed by atoms with Crippen molar-refractivity contribution in [3.8, 4) is 6.07 Å². The van der Waals surface area contributed by atoms with Crippen LogP contribution in [0.5, 0.6) is 0 Å². The van der Waals surface area contributed by atoms with Crippen LogP contribution in [0, 0.1) is 23.2 Å². The first kappa shape index (κ1) is 19.7. The number of carbonyl (C=O) groups is 2. The summed E-state index contributed by atoms with van der Waals surface area (Å²) in [5.41, 5.74) is 1.70. The molecule has 1 amide bonds. The number of carbonyl (C=O) groups excluding carboxylic acids is 2. The minimum Gasteiger partial charge on any atom is -0.462 e. The number of esters is 1. The molecule has 8 nitrogen and oxygen atoms in total. The van der Waals surface area contributed by atoms with E-state index in [0.29, 0.717) is 35.9 Å². The van der Waals surface area contributed by atoms with Gasteiger partial charge in [-0.2, -0.15) is 5.26 Å². The van der Waals surface area contributed by atoms with E-state index < -0.39 is 11.9 Å². The summed E-state index contributed by atoms with van der Waals surface area (Å²) < 4.78 is 5.19. The number of nitriles is 1. The molecule has 28 heavy (non-hydrogen) atoms. The van der Waals surface area contributed by atoms with Crippen LogP contribution < -0.4 is 5.32 Å². The van der Waals surface area contributed by atoms with Crippen molar-refractivity contribution in [2.24, 2.45) is 11.8 Å². The molecule has 2 aromatic heterocycles. The van der Waals surface area contributed by atoms with E-state index in [0.717, 1.165) is 11.8 Å². The van der Waals surface area contributed by atoms with Crippen molar-refractivity contribution in [3.63, 3.8) is 0 Å². The van der Waals surface area contributed by atoms with Crippen molar-refractivity contribution in [2.45, 2.75) is 33.2 Å². The van der Waals surface area contributed by atoms with Gasteiger partial charge < -0.3 is 19.9 Å². The summed E-state index contributed by atoms with van der Waals surface area (Å²) in [5, 5.41) is 13.3. The van der Waals surface area contributed by atoms with Crippen LogP contribution in [0.15, 0.2) is 18.5 Å². The number of hydrogen-bond acceptors (Lipinski definition) is 6. The number of pyridine rings is 1. The van der Waals surface area contributed by atoms with E-state index in [1.54, 1.807) is 24.9 Å². The lowest BCUT2D eigenvalue weighted by atomic mass is 9.92. The average molecular weight is 383 g/mol. The Hall–Kier alpha value is -3.08. The van der Waals surface area contributed by atoms with Crippen LogP contribution in [0.2, 0.25) is 0 Å². The van der Waals surface area contributed by atoms with Crippen LogP contribution in [0.3, 0.4) is 0 Å². The summed E-state index contributed by atoms with van der Waals surface area (Å²) in [7, 11) is 0. The average Bonchev–Trinajstić information content (AvgIpc) is 3.18. The summed E-state index contributed by atoms with van der Waals surface area (Å²) >= 11 is 0. The van der Waals surface area contributed by atoms with E-state index in [-0.39, 0.29) is 18.6 Å². The van der Waals surface area contributed by atoms with E-state index in [9.17, 15) is 9.59 Å². The minimum atomic E-state index is -0.665. The Bertz CT molecular complexity index is 916. The fourth-order valence-electron chi connectivity index (χ4n) is 3.50. The van der Waals surface area contributed by atoms with Gasteiger partial charge in [-0.05, 0) is 32.3 Å². The lowest BCUT2D eigenvalue weighted by Crippen LogP contribution is -2.50.